The van der Waals surface area contributed by atoms with E-state index in [1.165, 1.54) is 17.0 Å². The van der Waals surface area contributed by atoms with Crippen LogP contribution in [0.25, 0.3) is 0 Å². The molecule has 10 heteroatoms. The fourth-order valence-corrected chi connectivity index (χ4v) is 6.45. The molecule has 0 saturated heterocycles. The van der Waals surface area contributed by atoms with E-state index in [-0.39, 0.29) is 17.3 Å². The maximum Gasteiger partial charge on any atom is 0.264 e. The van der Waals surface area contributed by atoms with Gasteiger partial charge in [0.25, 0.3) is 10.0 Å². The molecule has 42 heavy (non-hydrogen) atoms. The summed E-state index contributed by atoms with van der Waals surface area (Å²) in [5.74, 6) is -0.876. The molecule has 1 atom stereocenters. The highest BCUT2D eigenvalue weighted by Gasteiger charge is 2.34. The van der Waals surface area contributed by atoms with Crippen molar-refractivity contribution in [1.29, 1.82) is 0 Å². The largest absolute Gasteiger partial charge is 0.354 e. The van der Waals surface area contributed by atoms with E-state index in [0.29, 0.717) is 34.3 Å². The zero-order valence-electron chi connectivity index (χ0n) is 24.8. The van der Waals surface area contributed by atoms with Crippen molar-refractivity contribution in [2.45, 2.75) is 71.4 Å². The molecule has 3 rings (SSSR count). The highest BCUT2D eigenvalue weighted by atomic mass is 35.5. The maximum absolute atomic E-state index is 14.2. The molecule has 0 bridgehead atoms. The first-order chi connectivity index (χ1) is 19.9. The molecule has 0 aliphatic rings. The van der Waals surface area contributed by atoms with Crippen LogP contribution in [-0.2, 0) is 26.2 Å². The molecule has 0 spiro atoms. The normalized spacial score (nSPS) is 12.1. The van der Waals surface area contributed by atoms with Crippen molar-refractivity contribution < 1.29 is 18.0 Å². The van der Waals surface area contributed by atoms with Crippen molar-refractivity contribution in [2.75, 3.05) is 17.4 Å². The van der Waals surface area contributed by atoms with Crippen LogP contribution in [0.3, 0.4) is 0 Å². The molecule has 3 aromatic rings. The molecule has 2 amide bonds. The third kappa shape index (κ3) is 8.06. The second-order valence-electron chi connectivity index (χ2n) is 10.4. The van der Waals surface area contributed by atoms with Gasteiger partial charge in [0.05, 0.1) is 10.6 Å². The van der Waals surface area contributed by atoms with Crippen molar-refractivity contribution in [2.24, 2.45) is 0 Å². The maximum atomic E-state index is 14.2. The van der Waals surface area contributed by atoms with Crippen LogP contribution in [0.2, 0.25) is 10.0 Å². The van der Waals surface area contributed by atoms with E-state index in [4.69, 9.17) is 23.2 Å². The number of sulfonamides is 1. The number of anilines is 1. The van der Waals surface area contributed by atoms with Crippen molar-refractivity contribution in [3.63, 3.8) is 0 Å². The third-order valence-electron chi connectivity index (χ3n) is 7.27. The minimum Gasteiger partial charge on any atom is -0.354 e. The van der Waals surface area contributed by atoms with E-state index in [0.717, 1.165) is 33.8 Å². The van der Waals surface area contributed by atoms with Crippen LogP contribution < -0.4 is 9.62 Å². The van der Waals surface area contributed by atoms with Gasteiger partial charge in [-0.1, -0.05) is 73.3 Å². The summed E-state index contributed by atoms with van der Waals surface area (Å²) in [5.41, 5.74) is 3.61. The molecular weight excluding hydrogens is 593 g/mol. The summed E-state index contributed by atoms with van der Waals surface area (Å²) in [6, 6.07) is 15.9. The molecule has 226 valence electrons. The number of unbranched alkanes of at least 4 members (excludes halogenated alkanes) is 1. The van der Waals surface area contributed by atoms with E-state index < -0.39 is 28.5 Å². The zero-order valence-corrected chi connectivity index (χ0v) is 27.1. The number of halogens is 2. The number of nitrogens with zero attached hydrogens (tertiary/aromatic N) is 2. The standard InChI is InChI=1S/C32H39Cl2N3O4S/c1-6-8-18-35-32(39)30(7-2)36(20-27-28(33)10-9-11-29(27)34)31(38)21-37(25-15-14-23(4)24(5)19-25)42(40,41)26-16-12-22(3)13-17-26/h9-17,19,30H,6-8,18,20-21H2,1-5H3,(H,35,39)/t30-/m1/s1. The quantitative estimate of drug-likeness (QED) is 0.209. The van der Waals surface area contributed by atoms with Crippen LogP contribution >= 0.6 is 23.2 Å². The Labute approximate surface area is 259 Å². The fraction of sp³-hybridized carbons (Fsp3) is 0.375. The third-order valence-corrected chi connectivity index (χ3v) is 9.77. The van der Waals surface area contributed by atoms with Gasteiger partial charge in [-0.2, -0.15) is 0 Å². The van der Waals surface area contributed by atoms with E-state index in [2.05, 4.69) is 5.32 Å². The lowest BCUT2D eigenvalue weighted by atomic mass is 10.1. The summed E-state index contributed by atoms with van der Waals surface area (Å²) in [4.78, 5) is 29.0. The monoisotopic (exact) mass is 631 g/mol. The number of benzene rings is 3. The molecule has 0 aliphatic carbocycles. The smallest absolute Gasteiger partial charge is 0.264 e. The number of aryl methyl sites for hydroxylation is 3. The molecule has 1 N–H and O–H groups in total. The van der Waals surface area contributed by atoms with Crippen molar-refractivity contribution in [1.82, 2.24) is 10.2 Å². The molecule has 0 saturated carbocycles. The Morgan fingerprint density at radius 2 is 1.55 bits per heavy atom. The Morgan fingerprint density at radius 1 is 0.905 bits per heavy atom. The summed E-state index contributed by atoms with van der Waals surface area (Å²) in [5, 5.41) is 3.61. The van der Waals surface area contributed by atoms with Gasteiger partial charge in [-0.25, -0.2) is 8.42 Å². The predicted molar refractivity (Wildman–Crippen MR) is 171 cm³/mol. The molecule has 0 heterocycles. The number of hydrogen-bond donors (Lipinski definition) is 1. The van der Waals surface area contributed by atoms with E-state index >= 15 is 0 Å². The number of carbonyl (C=O) groups excluding carboxylic acids is 2. The Kier molecular flexibility index (Phi) is 11.9. The van der Waals surface area contributed by atoms with Gasteiger partial charge in [0.2, 0.25) is 11.8 Å². The van der Waals surface area contributed by atoms with Gasteiger partial charge < -0.3 is 10.2 Å². The van der Waals surface area contributed by atoms with Crippen LogP contribution in [0.5, 0.6) is 0 Å². The number of amides is 2. The second kappa shape index (κ2) is 14.9. The molecular formula is C32H39Cl2N3O4S. The Bertz CT molecular complexity index is 1490. The number of rotatable bonds is 13. The Morgan fingerprint density at radius 3 is 2.12 bits per heavy atom. The first-order valence-corrected chi connectivity index (χ1v) is 16.3. The topological polar surface area (TPSA) is 86.8 Å². The minimum atomic E-state index is -4.16. The summed E-state index contributed by atoms with van der Waals surface area (Å²) < 4.78 is 29.2. The number of hydrogen-bond acceptors (Lipinski definition) is 4. The summed E-state index contributed by atoms with van der Waals surface area (Å²) in [7, 11) is -4.16. The summed E-state index contributed by atoms with van der Waals surface area (Å²) in [6.07, 6.45) is 2.00. The van der Waals surface area contributed by atoms with Crippen LogP contribution in [0.1, 0.15) is 55.4 Å². The lowest BCUT2D eigenvalue weighted by Crippen LogP contribution is -2.52. The molecule has 0 unspecified atom stereocenters. The highest BCUT2D eigenvalue weighted by molar-refractivity contribution is 7.92. The van der Waals surface area contributed by atoms with E-state index in [1.807, 2.05) is 40.7 Å². The van der Waals surface area contributed by atoms with Gasteiger partial charge in [-0.15, -0.1) is 0 Å². The zero-order chi connectivity index (χ0) is 31.0. The lowest BCUT2D eigenvalue weighted by Gasteiger charge is -2.33. The van der Waals surface area contributed by atoms with E-state index in [9.17, 15) is 18.0 Å². The van der Waals surface area contributed by atoms with Crippen molar-refractivity contribution in [3.05, 3.63) is 93.0 Å². The summed E-state index contributed by atoms with van der Waals surface area (Å²) >= 11 is 13.0. The Balaban J connectivity index is 2.10. The van der Waals surface area contributed by atoms with Gasteiger partial charge in [-0.3, -0.25) is 13.9 Å². The molecule has 0 radical (unpaired) electrons. The number of nitrogens with one attached hydrogen (secondary N) is 1. The number of carbonyl (C=O) groups is 2. The predicted octanol–water partition coefficient (Wildman–Crippen LogP) is 6.84. The van der Waals surface area contributed by atoms with Crippen LogP contribution in [0.15, 0.2) is 65.6 Å². The second-order valence-corrected chi connectivity index (χ2v) is 13.1. The van der Waals surface area contributed by atoms with Crippen molar-refractivity contribution in [3.8, 4) is 0 Å². The molecule has 0 aliphatic heterocycles. The average Bonchev–Trinajstić information content (AvgIpc) is 2.95. The summed E-state index contributed by atoms with van der Waals surface area (Å²) in [6.45, 7) is 9.39. The molecule has 0 aromatic heterocycles. The lowest BCUT2D eigenvalue weighted by molar-refractivity contribution is -0.140. The van der Waals surface area contributed by atoms with Crippen LogP contribution in [-0.4, -0.2) is 44.3 Å². The molecule has 7 nitrogen and oxygen atoms in total. The van der Waals surface area contributed by atoms with Gasteiger partial charge in [-0.05, 0) is 81.1 Å². The SMILES string of the molecule is CCCCNC(=O)[C@@H](CC)N(Cc1c(Cl)cccc1Cl)C(=O)CN(c1ccc(C)c(C)c1)S(=O)(=O)c1ccc(C)cc1. The minimum absolute atomic E-state index is 0.0594. The highest BCUT2D eigenvalue weighted by Crippen LogP contribution is 2.29. The van der Waals surface area contributed by atoms with Gasteiger partial charge in [0, 0.05) is 28.7 Å². The van der Waals surface area contributed by atoms with E-state index in [1.54, 1.807) is 42.5 Å². The van der Waals surface area contributed by atoms with Gasteiger partial charge in [0.1, 0.15) is 12.6 Å². The molecule has 0 fully saturated rings. The fourth-order valence-electron chi connectivity index (χ4n) is 4.53. The first-order valence-electron chi connectivity index (χ1n) is 14.1. The van der Waals surface area contributed by atoms with Crippen LogP contribution in [0, 0.1) is 20.8 Å². The van der Waals surface area contributed by atoms with Gasteiger partial charge in [0.15, 0.2) is 0 Å². The average molecular weight is 633 g/mol. The molecule has 3 aromatic carbocycles. The van der Waals surface area contributed by atoms with Crippen LogP contribution in [0.4, 0.5) is 5.69 Å². The first kappa shape index (κ1) is 33.4. The van der Waals surface area contributed by atoms with Gasteiger partial charge >= 0.3 is 0 Å². The van der Waals surface area contributed by atoms with Crippen molar-refractivity contribution >= 4 is 50.7 Å². The Hall–Kier alpha value is -3.07.